The van der Waals surface area contributed by atoms with Gasteiger partial charge in [-0.05, 0) is 35.2 Å². The SMILES string of the molecule is CC(=O)c1c2ccccc2cc2cccc(O)c12. The van der Waals surface area contributed by atoms with Gasteiger partial charge in [-0.3, -0.25) is 4.79 Å². The molecule has 0 aromatic heterocycles. The molecule has 0 saturated carbocycles. The number of ketones is 1. The van der Waals surface area contributed by atoms with Gasteiger partial charge < -0.3 is 5.11 Å². The highest BCUT2D eigenvalue weighted by molar-refractivity contribution is 6.19. The second kappa shape index (κ2) is 3.84. The van der Waals surface area contributed by atoms with Crippen molar-refractivity contribution >= 4 is 27.3 Å². The van der Waals surface area contributed by atoms with E-state index in [2.05, 4.69) is 0 Å². The topological polar surface area (TPSA) is 37.3 Å². The third-order valence-electron chi connectivity index (χ3n) is 3.22. The number of rotatable bonds is 1. The summed E-state index contributed by atoms with van der Waals surface area (Å²) in [5, 5.41) is 13.4. The lowest BCUT2D eigenvalue weighted by molar-refractivity contribution is 0.102. The summed E-state index contributed by atoms with van der Waals surface area (Å²) in [6.07, 6.45) is 0. The average molecular weight is 236 g/mol. The number of carbonyl (C=O) groups is 1. The van der Waals surface area contributed by atoms with Gasteiger partial charge in [0.1, 0.15) is 5.75 Å². The number of phenolic OH excluding ortho intramolecular Hbond substituents is 1. The van der Waals surface area contributed by atoms with Gasteiger partial charge >= 0.3 is 0 Å². The van der Waals surface area contributed by atoms with Crippen LogP contribution in [0, 0.1) is 0 Å². The minimum atomic E-state index is -0.0294. The fraction of sp³-hybridized carbons (Fsp3) is 0.0625. The Morgan fingerprint density at radius 1 is 1.00 bits per heavy atom. The summed E-state index contributed by atoms with van der Waals surface area (Å²) in [4.78, 5) is 11.9. The summed E-state index contributed by atoms with van der Waals surface area (Å²) in [7, 11) is 0. The molecule has 18 heavy (non-hydrogen) atoms. The molecule has 0 bridgehead atoms. The second-order valence-electron chi connectivity index (χ2n) is 4.40. The predicted octanol–water partition coefficient (Wildman–Crippen LogP) is 3.90. The van der Waals surface area contributed by atoms with Gasteiger partial charge in [0.25, 0.3) is 0 Å². The summed E-state index contributed by atoms with van der Waals surface area (Å²) in [5.41, 5.74) is 0.598. The zero-order valence-electron chi connectivity index (χ0n) is 9.97. The highest BCUT2D eigenvalue weighted by atomic mass is 16.3. The average Bonchev–Trinajstić information content (AvgIpc) is 2.36. The maximum atomic E-state index is 11.9. The molecule has 0 unspecified atom stereocenters. The molecular formula is C16H12O2. The number of hydrogen-bond acceptors (Lipinski definition) is 2. The molecule has 3 aromatic rings. The highest BCUT2D eigenvalue weighted by Gasteiger charge is 2.13. The number of phenols is 1. The van der Waals surface area contributed by atoms with Gasteiger partial charge in [0.15, 0.2) is 5.78 Å². The van der Waals surface area contributed by atoms with E-state index >= 15 is 0 Å². The normalized spacial score (nSPS) is 10.9. The molecule has 0 atom stereocenters. The van der Waals surface area contributed by atoms with Crippen molar-refractivity contribution in [2.75, 3.05) is 0 Å². The molecule has 0 aliphatic carbocycles. The van der Waals surface area contributed by atoms with Crippen LogP contribution in [0.2, 0.25) is 0 Å². The molecule has 0 spiro atoms. The minimum Gasteiger partial charge on any atom is -0.507 e. The molecule has 0 saturated heterocycles. The van der Waals surface area contributed by atoms with Crippen LogP contribution in [0.5, 0.6) is 5.75 Å². The van der Waals surface area contributed by atoms with Gasteiger partial charge in [-0.15, -0.1) is 0 Å². The minimum absolute atomic E-state index is 0.0294. The van der Waals surface area contributed by atoms with Crippen LogP contribution < -0.4 is 0 Å². The zero-order valence-corrected chi connectivity index (χ0v) is 9.97. The number of carbonyl (C=O) groups excluding carboxylic acids is 1. The molecule has 2 nitrogen and oxygen atoms in total. The smallest absolute Gasteiger partial charge is 0.161 e. The van der Waals surface area contributed by atoms with Gasteiger partial charge in [-0.25, -0.2) is 0 Å². The van der Waals surface area contributed by atoms with E-state index in [1.54, 1.807) is 12.1 Å². The molecule has 0 aliphatic rings. The zero-order chi connectivity index (χ0) is 12.7. The Kier molecular flexibility index (Phi) is 2.30. The number of Topliss-reactive ketones (excluding diaryl/α,β-unsaturated/α-hetero) is 1. The Morgan fingerprint density at radius 3 is 2.50 bits per heavy atom. The first-order chi connectivity index (χ1) is 8.68. The number of fused-ring (bicyclic) bond motifs is 2. The Hall–Kier alpha value is -2.35. The van der Waals surface area contributed by atoms with Crippen LogP contribution in [0.3, 0.4) is 0 Å². The quantitative estimate of drug-likeness (QED) is 0.514. The first-order valence-electron chi connectivity index (χ1n) is 5.83. The van der Waals surface area contributed by atoms with E-state index in [1.165, 1.54) is 6.92 Å². The molecule has 3 rings (SSSR count). The summed E-state index contributed by atoms with van der Waals surface area (Å²) < 4.78 is 0. The standard InChI is InChI=1S/C16H12O2/c1-10(17)15-13-7-3-2-5-11(13)9-12-6-4-8-14(18)16(12)15/h2-9,18H,1H3. The molecule has 2 heteroatoms. The molecule has 88 valence electrons. The molecular weight excluding hydrogens is 224 g/mol. The van der Waals surface area contributed by atoms with E-state index in [9.17, 15) is 9.90 Å². The third kappa shape index (κ3) is 1.46. The Morgan fingerprint density at radius 2 is 1.72 bits per heavy atom. The lowest BCUT2D eigenvalue weighted by Gasteiger charge is -2.10. The van der Waals surface area contributed by atoms with Gasteiger partial charge in [0.2, 0.25) is 0 Å². The fourth-order valence-corrected chi connectivity index (χ4v) is 2.47. The summed E-state index contributed by atoms with van der Waals surface area (Å²) in [5.74, 6) is 0.127. The predicted molar refractivity (Wildman–Crippen MR) is 73.1 cm³/mol. The number of aromatic hydroxyl groups is 1. The summed E-state index contributed by atoms with van der Waals surface area (Å²) in [6, 6.07) is 15.1. The van der Waals surface area contributed by atoms with Gasteiger partial charge in [0.05, 0.1) is 0 Å². The first kappa shape index (κ1) is 10.8. The Labute approximate surface area is 104 Å². The van der Waals surface area contributed by atoms with Crippen LogP contribution in [0.25, 0.3) is 21.5 Å². The summed E-state index contributed by atoms with van der Waals surface area (Å²) >= 11 is 0. The number of hydrogen-bond donors (Lipinski definition) is 1. The van der Waals surface area contributed by atoms with Crippen LogP contribution in [-0.4, -0.2) is 10.9 Å². The maximum Gasteiger partial charge on any atom is 0.161 e. The van der Waals surface area contributed by atoms with Crippen molar-refractivity contribution in [3.8, 4) is 5.75 Å². The van der Waals surface area contributed by atoms with E-state index in [0.29, 0.717) is 10.9 Å². The van der Waals surface area contributed by atoms with E-state index in [1.807, 2.05) is 36.4 Å². The molecule has 0 heterocycles. The van der Waals surface area contributed by atoms with Crippen molar-refractivity contribution in [3.05, 3.63) is 54.1 Å². The first-order valence-corrected chi connectivity index (χ1v) is 5.83. The monoisotopic (exact) mass is 236 g/mol. The van der Waals surface area contributed by atoms with Gasteiger partial charge in [-0.2, -0.15) is 0 Å². The fourth-order valence-electron chi connectivity index (χ4n) is 2.47. The van der Waals surface area contributed by atoms with Crippen LogP contribution in [-0.2, 0) is 0 Å². The van der Waals surface area contributed by atoms with Crippen molar-refractivity contribution in [3.63, 3.8) is 0 Å². The molecule has 0 amide bonds. The van der Waals surface area contributed by atoms with Crippen molar-refractivity contribution < 1.29 is 9.90 Å². The Balaban J connectivity index is 2.64. The maximum absolute atomic E-state index is 11.9. The molecule has 0 radical (unpaired) electrons. The van der Waals surface area contributed by atoms with E-state index in [4.69, 9.17) is 0 Å². The van der Waals surface area contributed by atoms with Crippen LogP contribution >= 0.6 is 0 Å². The van der Waals surface area contributed by atoms with E-state index in [-0.39, 0.29) is 11.5 Å². The third-order valence-corrected chi connectivity index (χ3v) is 3.22. The molecule has 0 fully saturated rings. The van der Waals surface area contributed by atoms with Crippen molar-refractivity contribution in [1.29, 1.82) is 0 Å². The van der Waals surface area contributed by atoms with Crippen LogP contribution in [0.15, 0.2) is 48.5 Å². The van der Waals surface area contributed by atoms with Crippen LogP contribution in [0.1, 0.15) is 17.3 Å². The molecule has 3 aromatic carbocycles. The largest absolute Gasteiger partial charge is 0.507 e. The number of benzene rings is 3. The highest BCUT2D eigenvalue weighted by Crippen LogP contribution is 2.34. The van der Waals surface area contributed by atoms with Crippen molar-refractivity contribution in [1.82, 2.24) is 0 Å². The summed E-state index contributed by atoms with van der Waals surface area (Å²) in [6.45, 7) is 1.54. The Bertz CT molecular complexity index is 772. The van der Waals surface area contributed by atoms with Crippen molar-refractivity contribution in [2.45, 2.75) is 6.92 Å². The van der Waals surface area contributed by atoms with E-state index in [0.717, 1.165) is 16.2 Å². The molecule has 1 N–H and O–H groups in total. The van der Waals surface area contributed by atoms with Crippen molar-refractivity contribution in [2.24, 2.45) is 0 Å². The lowest BCUT2D eigenvalue weighted by Crippen LogP contribution is -1.96. The molecule has 0 aliphatic heterocycles. The van der Waals surface area contributed by atoms with E-state index < -0.39 is 0 Å². The lowest BCUT2D eigenvalue weighted by atomic mass is 9.94. The van der Waals surface area contributed by atoms with Crippen LogP contribution in [0.4, 0.5) is 0 Å². The van der Waals surface area contributed by atoms with Gasteiger partial charge in [0, 0.05) is 10.9 Å². The van der Waals surface area contributed by atoms with Gasteiger partial charge in [-0.1, -0.05) is 36.4 Å². The second-order valence-corrected chi connectivity index (χ2v) is 4.40.